The summed E-state index contributed by atoms with van der Waals surface area (Å²) < 4.78 is 31.3. The van der Waals surface area contributed by atoms with Crippen LogP contribution in [-0.2, 0) is 13.2 Å². The topological polar surface area (TPSA) is 159 Å². The van der Waals surface area contributed by atoms with E-state index in [0.29, 0.717) is 35.2 Å². The highest BCUT2D eigenvalue weighted by Crippen LogP contribution is 2.30. The molecule has 13 nitrogen and oxygen atoms in total. The lowest BCUT2D eigenvalue weighted by atomic mass is 9.99. The number of nitrogens with zero attached hydrogens (tertiary/aromatic N) is 7. The van der Waals surface area contributed by atoms with Crippen molar-refractivity contribution in [3.8, 4) is 17.3 Å². The molecule has 0 radical (unpaired) electrons. The molecule has 2 aromatic carbocycles. The minimum Gasteiger partial charge on any atom is -0.493 e. The number of nitrogens with two attached hydrogens (primary N) is 1. The number of hydrogen-bond donors (Lipinski definition) is 2. The molecule has 3 N–H and O–H groups in total. The second-order valence-corrected chi connectivity index (χ2v) is 10.2. The lowest BCUT2D eigenvalue weighted by Gasteiger charge is -2.30. The number of aromatic nitrogens is 5. The number of halogens is 2. The third kappa shape index (κ3) is 6.50. The van der Waals surface area contributed by atoms with Gasteiger partial charge in [0, 0.05) is 12.1 Å². The van der Waals surface area contributed by atoms with E-state index >= 15 is 0 Å². The number of benzene rings is 2. The molecule has 220 valence electrons. The number of rotatable bonds is 10. The summed E-state index contributed by atoms with van der Waals surface area (Å²) in [6.07, 6.45) is 3.53. The van der Waals surface area contributed by atoms with Crippen LogP contribution in [0.15, 0.2) is 46.1 Å². The van der Waals surface area contributed by atoms with Gasteiger partial charge in [-0.2, -0.15) is 9.78 Å². The van der Waals surface area contributed by atoms with Crippen LogP contribution in [0.1, 0.15) is 47.1 Å². The van der Waals surface area contributed by atoms with E-state index < -0.39 is 11.7 Å². The fourth-order valence-electron chi connectivity index (χ4n) is 4.48. The quantitative estimate of drug-likeness (QED) is 0.204. The fourth-order valence-corrected chi connectivity index (χ4v) is 4.70. The van der Waals surface area contributed by atoms with Gasteiger partial charge < -0.3 is 15.2 Å². The molecule has 1 aliphatic heterocycles. The maximum Gasteiger partial charge on any atom is 0.293 e. The lowest BCUT2D eigenvalue weighted by molar-refractivity contribution is 0.0946. The molecule has 15 heteroatoms. The number of methoxy groups -OCH3 is 1. The standard InChI is InChI=1S/C27H29ClFN9O4/c1-16-8-10-37(11-9-16)14-21-24(32-36-38(21)26-25(30)34-42-35-26)27(39)33-31-13-17-6-7-22(23(12-17)40-2)41-15-18-19(28)4-3-5-20(18)29/h3-7,12-13,16H,8-11,14-15H2,1-2H3,(H2,30,34)(H,33,39). The SMILES string of the molecule is COc1cc(C=NNC(=O)c2nnn(-c3nonc3N)c2CN2CCC(C)CC2)ccc1OCc1c(F)cccc1Cl. The third-order valence-corrected chi connectivity index (χ3v) is 7.28. The molecule has 1 aliphatic rings. The first-order valence-electron chi connectivity index (χ1n) is 13.2. The molecule has 1 amide bonds. The van der Waals surface area contributed by atoms with Crippen molar-refractivity contribution in [2.45, 2.75) is 32.9 Å². The average Bonchev–Trinajstić information content (AvgIpc) is 3.59. The highest BCUT2D eigenvalue weighted by molar-refractivity contribution is 6.31. The summed E-state index contributed by atoms with van der Waals surface area (Å²) in [6, 6.07) is 9.44. The number of ether oxygens (including phenoxy) is 2. The molecule has 0 bridgehead atoms. The summed E-state index contributed by atoms with van der Waals surface area (Å²) >= 11 is 6.09. The lowest BCUT2D eigenvalue weighted by Crippen LogP contribution is -2.34. The van der Waals surface area contributed by atoms with Crippen LogP contribution < -0.4 is 20.6 Å². The van der Waals surface area contributed by atoms with Crippen LogP contribution in [0.5, 0.6) is 11.5 Å². The Kier molecular flexibility index (Phi) is 8.93. The monoisotopic (exact) mass is 597 g/mol. The van der Waals surface area contributed by atoms with E-state index in [4.69, 9.17) is 31.4 Å². The first-order valence-corrected chi connectivity index (χ1v) is 13.5. The van der Waals surface area contributed by atoms with Crippen molar-refractivity contribution in [3.05, 3.63) is 69.8 Å². The first-order chi connectivity index (χ1) is 20.3. The maximum absolute atomic E-state index is 14.1. The zero-order valence-corrected chi connectivity index (χ0v) is 23.7. The molecule has 0 unspecified atom stereocenters. The second kappa shape index (κ2) is 13.0. The van der Waals surface area contributed by atoms with E-state index in [1.54, 1.807) is 24.3 Å². The molecule has 1 fully saturated rings. The van der Waals surface area contributed by atoms with Crippen molar-refractivity contribution in [2.75, 3.05) is 25.9 Å². The summed E-state index contributed by atoms with van der Waals surface area (Å²) in [7, 11) is 1.48. The molecule has 1 saturated heterocycles. The van der Waals surface area contributed by atoms with Crippen molar-refractivity contribution in [1.29, 1.82) is 0 Å². The maximum atomic E-state index is 14.1. The summed E-state index contributed by atoms with van der Waals surface area (Å²) in [5, 5.41) is 19.9. The summed E-state index contributed by atoms with van der Waals surface area (Å²) in [5.74, 6) is 0.554. The zero-order chi connectivity index (χ0) is 29.6. The molecular weight excluding hydrogens is 569 g/mol. The summed E-state index contributed by atoms with van der Waals surface area (Å²) in [5.41, 5.74) is 9.78. The smallest absolute Gasteiger partial charge is 0.293 e. The Bertz CT molecular complexity index is 1560. The number of carbonyl (C=O) groups is 1. The molecule has 0 saturated carbocycles. The second-order valence-electron chi connectivity index (χ2n) is 9.83. The summed E-state index contributed by atoms with van der Waals surface area (Å²) in [6.45, 7) is 4.27. The van der Waals surface area contributed by atoms with E-state index in [1.807, 2.05) is 0 Å². The van der Waals surface area contributed by atoms with Crippen LogP contribution in [-0.4, -0.2) is 62.5 Å². The molecule has 42 heavy (non-hydrogen) atoms. The van der Waals surface area contributed by atoms with Gasteiger partial charge in [-0.05, 0) is 78.1 Å². The van der Waals surface area contributed by atoms with Crippen molar-refractivity contribution >= 4 is 29.5 Å². The van der Waals surface area contributed by atoms with Crippen molar-refractivity contribution < 1.29 is 23.3 Å². The van der Waals surface area contributed by atoms with Gasteiger partial charge in [0.15, 0.2) is 17.2 Å². The van der Waals surface area contributed by atoms with Crippen LogP contribution in [0.4, 0.5) is 10.2 Å². The van der Waals surface area contributed by atoms with Gasteiger partial charge in [-0.3, -0.25) is 9.69 Å². The number of piperidine rings is 1. The normalized spacial score (nSPS) is 14.4. The molecular formula is C27H29ClFN9O4. The number of nitrogens with one attached hydrogen (secondary N) is 1. The number of nitrogen functional groups attached to an aromatic ring is 1. The Morgan fingerprint density at radius 2 is 2.07 bits per heavy atom. The van der Waals surface area contributed by atoms with Crippen molar-refractivity contribution in [1.82, 2.24) is 35.6 Å². The third-order valence-electron chi connectivity index (χ3n) is 6.93. The van der Waals surface area contributed by atoms with Gasteiger partial charge in [-0.25, -0.2) is 14.4 Å². The van der Waals surface area contributed by atoms with Crippen LogP contribution in [0.25, 0.3) is 5.82 Å². The molecule has 0 aliphatic carbocycles. The Morgan fingerprint density at radius 3 is 2.79 bits per heavy atom. The predicted molar refractivity (Wildman–Crippen MR) is 151 cm³/mol. The van der Waals surface area contributed by atoms with E-state index in [-0.39, 0.29) is 34.5 Å². The zero-order valence-electron chi connectivity index (χ0n) is 23.0. The highest BCUT2D eigenvalue weighted by atomic mass is 35.5. The van der Waals surface area contributed by atoms with Crippen molar-refractivity contribution in [2.24, 2.45) is 11.0 Å². The molecule has 0 atom stereocenters. The minimum atomic E-state index is -0.568. The van der Waals surface area contributed by atoms with Crippen LogP contribution in [0.2, 0.25) is 5.02 Å². The van der Waals surface area contributed by atoms with E-state index in [9.17, 15) is 9.18 Å². The molecule has 4 aromatic rings. The van der Waals surface area contributed by atoms with Gasteiger partial charge in [-0.1, -0.05) is 29.8 Å². The molecule has 3 heterocycles. The Morgan fingerprint density at radius 1 is 1.26 bits per heavy atom. The van der Waals surface area contributed by atoms with Gasteiger partial charge in [0.1, 0.15) is 12.4 Å². The van der Waals surface area contributed by atoms with Gasteiger partial charge in [0.05, 0.1) is 24.0 Å². The van der Waals surface area contributed by atoms with Gasteiger partial charge in [0.25, 0.3) is 5.91 Å². The molecule has 0 spiro atoms. The molecule has 5 rings (SSSR count). The Labute approximate surface area is 245 Å². The predicted octanol–water partition coefficient (Wildman–Crippen LogP) is 3.61. The highest BCUT2D eigenvalue weighted by Gasteiger charge is 2.27. The van der Waals surface area contributed by atoms with Crippen LogP contribution in [0.3, 0.4) is 0 Å². The first kappa shape index (κ1) is 29.0. The number of likely N-dealkylation sites (tertiary alicyclic amines) is 1. The number of carbonyl (C=O) groups excluding carboxylic acids is 1. The van der Waals surface area contributed by atoms with Crippen molar-refractivity contribution in [3.63, 3.8) is 0 Å². The number of hydrazone groups is 1. The number of hydrogen-bond acceptors (Lipinski definition) is 11. The largest absolute Gasteiger partial charge is 0.493 e. The Balaban J connectivity index is 1.29. The summed E-state index contributed by atoms with van der Waals surface area (Å²) in [4.78, 5) is 15.4. The van der Waals surface area contributed by atoms with Gasteiger partial charge in [0.2, 0.25) is 11.6 Å². The van der Waals surface area contributed by atoms with E-state index in [0.717, 1.165) is 25.9 Å². The van der Waals surface area contributed by atoms with Crippen LogP contribution >= 0.6 is 11.6 Å². The molecule has 2 aromatic heterocycles. The average molecular weight is 598 g/mol. The van der Waals surface area contributed by atoms with E-state index in [2.05, 4.69) is 43.0 Å². The van der Waals surface area contributed by atoms with Gasteiger partial charge in [-0.15, -0.1) is 5.10 Å². The minimum absolute atomic E-state index is 0.0248. The Hall–Kier alpha value is -4.56. The fraction of sp³-hybridized carbons (Fsp3) is 0.333. The number of anilines is 1. The number of amides is 1. The van der Waals surface area contributed by atoms with Crippen LogP contribution in [0, 0.1) is 11.7 Å². The van der Waals surface area contributed by atoms with Gasteiger partial charge >= 0.3 is 0 Å². The van der Waals surface area contributed by atoms with E-state index in [1.165, 1.54) is 30.1 Å².